The Hall–Kier alpha value is -2.05. The number of carbonyl (C=O) groups is 2. The molecule has 1 aromatic rings. The van der Waals surface area contributed by atoms with Gasteiger partial charge in [0.05, 0.1) is 7.11 Å². The molecule has 0 spiro atoms. The van der Waals surface area contributed by atoms with E-state index in [-0.39, 0.29) is 6.54 Å². The number of amides is 1. The van der Waals surface area contributed by atoms with E-state index in [2.05, 4.69) is 4.74 Å². The van der Waals surface area contributed by atoms with Crippen LogP contribution in [0.4, 0.5) is 13.2 Å². The van der Waals surface area contributed by atoms with Crippen molar-refractivity contribution in [1.29, 1.82) is 0 Å². The van der Waals surface area contributed by atoms with Crippen molar-refractivity contribution < 1.29 is 27.5 Å². The molecule has 116 valence electrons. The average Bonchev–Trinajstić information content (AvgIpc) is 2.38. The Morgan fingerprint density at radius 3 is 2.38 bits per heavy atom. The van der Waals surface area contributed by atoms with Gasteiger partial charge in [0.15, 0.2) is 0 Å². The van der Waals surface area contributed by atoms with Gasteiger partial charge in [0.1, 0.15) is 13.0 Å². The maximum Gasteiger partial charge on any atom is 0.397 e. The van der Waals surface area contributed by atoms with E-state index >= 15 is 0 Å². The van der Waals surface area contributed by atoms with Crippen molar-refractivity contribution in [2.75, 3.05) is 13.7 Å². The topological polar surface area (TPSA) is 46.6 Å². The Labute approximate surface area is 120 Å². The molecular formula is C14H16F3NO3. The highest BCUT2D eigenvalue weighted by molar-refractivity contribution is 5.82. The van der Waals surface area contributed by atoms with Crippen LogP contribution < -0.4 is 0 Å². The zero-order chi connectivity index (χ0) is 16.0. The van der Waals surface area contributed by atoms with Crippen LogP contribution >= 0.6 is 0 Å². The molecule has 0 aliphatic rings. The number of benzene rings is 1. The number of aryl methyl sites for hydroxylation is 1. The summed E-state index contributed by atoms with van der Waals surface area (Å²) in [7, 11) is 1.11. The number of alkyl halides is 3. The standard InChI is InChI=1S/C14H16F3NO3/c1-10-5-3-4-6-11(10)8-18(9-13(20)21-2)12(19)7-14(15,16)17/h3-6H,7-9H2,1-2H3. The van der Waals surface area contributed by atoms with Crippen molar-refractivity contribution in [3.63, 3.8) is 0 Å². The van der Waals surface area contributed by atoms with E-state index in [1.165, 1.54) is 0 Å². The van der Waals surface area contributed by atoms with Gasteiger partial charge in [0.2, 0.25) is 5.91 Å². The summed E-state index contributed by atoms with van der Waals surface area (Å²) in [5.74, 6) is -1.92. The molecule has 0 fully saturated rings. The maximum atomic E-state index is 12.3. The molecule has 0 heterocycles. The van der Waals surface area contributed by atoms with Crippen LogP contribution in [0.2, 0.25) is 0 Å². The van der Waals surface area contributed by atoms with Gasteiger partial charge < -0.3 is 9.64 Å². The van der Waals surface area contributed by atoms with Crippen LogP contribution in [0.1, 0.15) is 17.5 Å². The summed E-state index contributed by atoms with van der Waals surface area (Å²) in [5.41, 5.74) is 1.50. The molecule has 0 aromatic heterocycles. The van der Waals surface area contributed by atoms with Crippen LogP contribution in [-0.4, -0.2) is 36.6 Å². The maximum absolute atomic E-state index is 12.3. The largest absolute Gasteiger partial charge is 0.468 e. The van der Waals surface area contributed by atoms with E-state index in [0.717, 1.165) is 17.6 Å². The highest BCUT2D eigenvalue weighted by Crippen LogP contribution is 2.21. The fourth-order valence-electron chi connectivity index (χ4n) is 1.73. The lowest BCUT2D eigenvalue weighted by Crippen LogP contribution is -2.38. The van der Waals surface area contributed by atoms with Crippen LogP contribution in [0.3, 0.4) is 0 Å². The minimum Gasteiger partial charge on any atom is -0.468 e. The Morgan fingerprint density at radius 1 is 1.24 bits per heavy atom. The van der Waals surface area contributed by atoms with Gasteiger partial charge in [0, 0.05) is 6.54 Å². The van der Waals surface area contributed by atoms with Crippen LogP contribution in [0, 0.1) is 6.92 Å². The molecule has 1 aromatic carbocycles. The van der Waals surface area contributed by atoms with E-state index in [4.69, 9.17) is 0 Å². The molecule has 4 nitrogen and oxygen atoms in total. The summed E-state index contributed by atoms with van der Waals surface area (Å²) < 4.78 is 41.4. The third kappa shape index (κ3) is 5.85. The molecule has 0 N–H and O–H groups in total. The molecular weight excluding hydrogens is 287 g/mol. The number of halogens is 3. The minimum absolute atomic E-state index is 0.0727. The molecule has 0 aliphatic heterocycles. The van der Waals surface area contributed by atoms with Crippen molar-refractivity contribution in [3.8, 4) is 0 Å². The number of rotatable bonds is 5. The fraction of sp³-hybridized carbons (Fsp3) is 0.429. The molecule has 0 saturated carbocycles. The average molecular weight is 303 g/mol. The van der Waals surface area contributed by atoms with Crippen molar-refractivity contribution in [2.24, 2.45) is 0 Å². The highest BCUT2D eigenvalue weighted by Gasteiger charge is 2.34. The van der Waals surface area contributed by atoms with Gasteiger partial charge in [-0.2, -0.15) is 13.2 Å². The van der Waals surface area contributed by atoms with Crippen molar-refractivity contribution >= 4 is 11.9 Å². The molecule has 0 atom stereocenters. The number of carbonyl (C=O) groups excluding carboxylic acids is 2. The van der Waals surface area contributed by atoms with Crippen molar-refractivity contribution in [1.82, 2.24) is 4.90 Å². The Morgan fingerprint density at radius 2 is 1.86 bits per heavy atom. The number of methoxy groups -OCH3 is 1. The first-order valence-corrected chi connectivity index (χ1v) is 6.19. The van der Waals surface area contributed by atoms with Gasteiger partial charge in [-0.1, -0.05) is 24.3 Å². The van der Waals surface area contributed by atoms with Gasteiger partial charge in [-0.05, 0) is 18.1 Å². The van der Waals surface area contributed by atoms with Crippen LogP contribution in [-0.2, 0) is 20.9 Å². The third-order valence-corrected chi connectivity index (χ3v) is 2.87. The smallest absolute Gasteiger partial charge is 0.397 e. The summed E-state index contributed by atoms with van der Waals surface area (Å²) >= 11 is 0. The second kappa shape index (κ2) is 7.10. The predicted octanol–water partition coefficient (Wildman–Crippen LogP) is 2.45. The first-order chi connectivity index (χ1) is 9.73. The van der Waals surface area contributed by atoms with Crippen LogP contribution in [0.25, 0.3) is 0 Å². The summed E-state index contributed by atoms with van der Waals surface area (Å²) in [6.07, 6.45) is -6.22. The van der Waals surface area contributed by atoms with E-state index in [9.17, 15) is 22.8 Å². The lowest BCUT2D eigenvalue weighted by atomic mass is 10.1. The van der Waals surface area contributed by atoms with Gasteiger partial charge in [-0.15, -0.1) is 0 Å². The number of ether oxygens (including phenoxy) is 1. The van der Waals surface area contributed by atoms with E-state index in [1.54, 1.807) is 31.2 Å². The van der Waals surface area contributed by atoms with Gasteiger partial charge in [-0.3, -0.25) is 9.59 Å². The highest BCUT2D eigenvalue weighted by atomic mass is 19.4. The molecule has 0 bridgehead atoms. The zero-order valence-corrected chi connectivity index (χ0v) is 11.7. The Balaban J connectivity index is 2.89. The molecule has 0 unspecified atom stereocenters. The number of nitrogens with zero attached hydrogens (tertiary/aromatic N) is 1. The zero-order valence-electron chi connectivity index (χ0n) is 11.7. The van der Waals surface area contributed by atoms with E-state index < -0.39 is 31.0 Å². The second-order valence-electron chi connectivity index (χ2n) is 4.54. The second-order valence-corrected chi connectivity index (χ2v) is 4.54. The van der Waals surface area contributed by atoms with E-state index in [1.807, 2.05) is 0 Å². The fourth-order valence-corrected chi connectivity index (χ4v) is 1.73. The van der Waals surface area contributed by atoms with Gasteiger partial charge >= 0.3 is 12.1 Å². The van der Waals surface area contributed by atoms with Crippen LogP contribution in [0.15, 0.2) is 24.3 Å². The molecule has 1 rings (SSSR count). The SMILES string of the molecule is COC(=O)CN(Cc1ccccc1C)C(=O)CC(F)(F)F. The molecule has 1 amide bonds. The molecule has 21 heavy (non-hydrogen) atoms. The molecule has 7 heteroatoms. The summed E-state index contributed by atoms with van der Waals surface area (Å²) in [4.78, 5) is 23.8. The Kier molecular flexibility index (Phi) is 5.75. The molecule has 0 aliphatic carbocycles. The lowest BCUT2D eigenvalue weighted by molar-refractivity contribution is -0.165. The molecule has 0 radical (unpaired) electrons. The normalized spacial score (nSPS) is 11.1. The summed E-state index contributed by atoms with van der Waals surface area (Å²) in [5, 5.41) is 0. The van der Waals surface area contributed by atoms with Gasteiger partial charge in [0.25, 0.3) is 0 Å². The lowest BCUT2D eigenvalue weighted by Gasteiger charge is -2.23. The first kappa shape index (κ1) is 17.0. The predicted molar refractivity (Wildman–Crippen MR) is 69.3 cm³/mol. The first-order valence-electron chi connectivity index (χ1n) is 6.19. The van der Waals surface area contributed by atoms with Crippen LogP contribution in [0.5, 0.6) is 0 Å². The number of esters is 1. The molecule has 0 saturated heterocycles. The third-order valence-electron chi connectivity index (χ3n) is 2.87. The van der Waals surface area contributed by atoms with Crippen molar-refractivity contribution in [2.45, 2.75) is 26.1 Å². The monoisotopic (exact) mass is 303 g/mol. The quantitative estimate of drug-likeness (QED) is 0.785. The van der Waals surface area contributed by atoms with Crippen molar-refractivity contribution in [3.05, 3.63) is 35.4 Å². The summed E-state index contributed by atoms with van der Waals surface area (Å²) in [6, 6.07) is 6.97. The van der Waals surface area contributed by atoms with E-state index in [0.29, 0.717) is 5.56 Å². The minimum atomic E-state index is -4.61. The summed E-state index contributed by atoms with van der Waals surface area (Å²) in [6.45, 7) is 1.19. The Bertz CT molecular complexity index is 514. The van der Waals surface area contributed by atoms with Gasteiger partial charge in [-0.25, -0.2) is 0 Å². The number of hydrogen-bond donors (Lipinski definition) is 0. The number of hydrogen-bond acceptors (Lipinski definition) is 3.